The van der Waals surface area contributed by atoms with Gasteiger partial charge in [-0.25, -0.2) is 19.3 Å². The van der Waals surface area contributed by atoms with E-state index in [1.807, 2.05) is 4.90 Å². The predicted octanol–water partition coefficient (Wildman–Crippen LogP) is 3.28. The fourth-order valence-corrected chi connectivity index (χ4v) is 3.07. The van der Waals surface area contributed by atoms with E-state index in [9.17, 15) is 9.18 Å². The molecule has 152 valence electrons. The first-order valence-corrected chi connectivity index (χ1v) is 9.47. The molecule has 0 radical (unpaired) electrons. The van der Waals surface area contributed by atoms with E-state index >= 15 is 0 Å². The van der Waals surface area contributed by atoms with Gasteiger partial charge in [-0.15, -0.1) is 0 Å². The van der Waals surface area contributed by atoms with Crippen molar-refractivity contribution in [1.29, 1.82) is 0 Å². The zero-order valence-corrected chi connectivity index (χ0v) is 16.4. The summed E-state index contributed by atoms with van der Waals surface area (Å²) in [6.07, 6.45) is 10.5. The van der Waals surface area contributed by atoms with E-state index in [4.69, 9.17) is 11.6 Å². The Morgan fingerprint density at radius 2 is 1.97 bits per heavy atom. The SMILES string of the molecule is O=CC=CN1CC(Nc2cncc(-c3cnc(Nc4ccc(F)c(Cl)c4)nc3)n2)C1. The first kappa shape index (κ1) is 19.7. The van der Waals surface area contributed by atoms with Crippen molar-refractivity contribution in [2.45, 2.75) is 6.04 Å². The molecule has 2 aromatic heterocycles. The molecule has 0 saturated carbocycles. The Hall–Kier alpha value is -3.59. The van der Waals surface area contributed by atoms with E-state index < -0.39 is 5.82 Å². The lowest BCUT2D eigenvalue weighted by molar-refractivity contribution is -0.104. The van der Waals surface area contributed by atoms with Crippen LogP contribution in [0.3, 0.4) is 0 Å². The standard InChI is InChI=1S/C20H17ClFN7O/c21-16-6-14(2-3-17(16)22)27-20-24-7-13(8-25-20)18-9-23-10-19(28-18)26-15-11-29(12-15)4-1-5-30/h1-10,15H,11-12H2,(H,26,28)(H,24,25,27). The van der Waals surface area contributed by atoms with Crippen LogP contribution in [0.25, 0.3) is 11.3 Å². The minimum Gasteiger partial charge on any atom is -0.373 e. The van der Waals surface area contributed by atoms with Crippen LogP contribution in [0.2, 0.25) is 5.02 Å². The largest absolute Gasteiger partial charge is 0.373 e. The van der Waals surface area contributed by atoms with Crippen LogP contribution in [0.15, 0.2) is 55.3 Å². The molecule has 1 fully saturated rings. The van der Waals surface area contributed by atoms with Crippen molar-refractivity contribution in [3.63, 3.8) is 0 Å². The number of hydrogen-bond acceptors (Lipinski definition) is 8. The minimum absolute atomic E-state index is 0.0190. The maximum atomic E-state index is 13.3. The number of carbonyl (C=O) groups is 1. The molecule has 3 heterocycles. The Morgan fingerprint density at radius 3 is 2.70 bits per heavy atom. The first-order chi connectivity index (χ1) is 14.6. The molecule has 3 aromatic rings. The number of allylic oxidation sites excluding steroid dienone is 1. The lowest BCUT2D eigenvalue weighted by Gasteiger charge is -2.39. The van der Waals surface area contributed by atoms with Crippen LogP contribution in [0.1, 0.15) is 0 Å². The Balaban J connectivity index is 1.39. The molecule has 8 nitrogen and oxygen atoms in total. The van der Waals surface area contributed by atoms with Crippen molar-refractivity contribution in [2.24, 2.45) is 0 Å². The second kappa shape index (κ2) is 8.83. The molecular weight excluding hydrogens is 409 g/mol. The molecule has 0 unspecified atom stereocenters. The van der Waals surface area contributed by atoms with Gasteiger partial charge in [0.15, 0.2) is 0 Å². The maximum absolute atomic E-state index is 13.3. The van der Waals surface area contributed by atoms with E-state index in [0.29, 0.717) is 28.7 Å². The van der Waals surface area contributed by atoms with Gasteiger partial charge in [-0.1, -0.05) is 11.6 Å². The highest BCUT2D eigenvalue weighted by Gasteiger charge is 2.24. The summed E-state index contributed by atoms with van der Waals surface area (Å²) in [6.45, 7) is 1.57. The minimum atomic E-state index is -0.488. The monoisotopic (exact) mass is 425 g/mol. The van der Waals surface area contributed by atoms with Gasteiger partial charge in [0.2, 0.25) is 5.95 Å². The molecule has 2 N–H and O–H groups in total. The molecule has 0 atom stereocenters. The molecule has 0 amide bonds. The third kappa shape index (κ3) is 4.69. The topological polar surface area (TPSA) is 95.9 Å². The summed E-state index contributed by atoms with van der Waals surface area (Å²) in [7, 11) is 0. The molecule has 1 aromatic carbocycles. The highest BCUT2D eigenvalue weighted by atomic mass is 35.5. The van der Waals surface area contributed by atoms with Crippen LogP contribution in [0, 0.1) is 5.82 Å². The fraction of sp³-hybridized carbons (Fsp3) is 0.150. The molecule has 0 spiro atoms. The predicted molar refractivity (Wildman–Crippen MR) is 112 cm³/mol. The number of carbonyl (C=O) groups excluding carboxylic acids is 1. The van der Waals surface area contributed by atoms with E-state index in [-0.39, 0.29) is 11.1 Å². The van der Waals surface area contributed by atoms with Crippen LogP contribution in [-0.4, -0.2) is 50.3 Å². The van der Waals surface area contributed by atoms with Crippen LogP contribution in [0.5, 0.6) is 0 Å². The summed E-state index contributed by atoms with van der Waals surface area (Å²) in [5, 5.41) is 6.30. The third-order valence-electron chi connectivity index (χ3n) is 4.40. The second-order valence-electron chi connectivity index (χ2n) is 6.61. The highest BCUT2D eigenvalue weighted by Crippen LogP contribution is 2.23. The summed E-state index contributed by atoms with van der Waals surface area (Å²) in [5.74, 6) is 0.513. The normalized spacial score (nSPS) is 13.9. The number of hydrogen-bond donors (Lipinski definition) is 2. The zero-order chi connectivity index (χ0) is 20.9. The molecule has 1 aliphatic rings. The first-order valence-electron chi connectivity index (χ1n) is 9.10. The second-order valence-corrected chi connectivity index (χ2v) is 7.02. The molecule has 0 bridgehead atoms. The average molecular weight is 426 g/mol. The van der Waals surface area contributed by atoms with Crippen molar-refractivity contribution in [3.8, 4) is 11.3 Å². The summed E-state index contributed by atoms with van der Waals surface area (Å²) in [5.41, 5.74) is 1.92. The van der Waals surface area contributed by atoms with Crippen LogP contribution in [-0.2, 0) is 4.79 Å². The average Bonchev–Trinajstić information content (AvgIpc) is 2.73. The Bertz CT molecular complexity index is 1070. The number of benzene rings is 1. The molecule has 0 aliphatic carbocycles. The molecular formula is C20H17ClFN7O. The number of nitrogens with one attached hydrogen (secondary N) is 2. The van der Waals surface area contributed by atoms with Crippen LogP contribution >= 0.6 is 11.6 Å². The number of aromatic nitrogens is 4. The Morgan fingerprint density at radius 1 is 1.17 bits per heavy atom. The van der Waals surface area contributed by atoms with Gasteiger partial charge >= 0.3 is 0 Å². The number of halogens is 2. The smallest absolute Gasteiger partial charge is 0.227 e. The summed E-state index contributed by atoms with van der Waals surface area (Å²) >= 11 is 5.78. The lowest BCUT2D eigenvalue weighted by atomic mass is 10.1. The Labute approximate surface area is 176 Å². The number of likely N-dealkylation sites (tertiary alicyclic amines) is 1. The van der Waals surface area contributed by atoms with Gasteiger partial charge in [0.1, 0.15) is 17.9 Å². The number of anilines is 3. The molecule has 1 aliphatic heterocycles. The molecule has 1 saturated heterocycles. The van der Waals surface area contributed by atoms with Gasteiger partial charge in [-0.3, -0.25) is 9.78 Å². The van der Waals surface area contributed by atoms with Crippen molar-refractivity contribution in [3.05, 3.63) is 66.1 Å². The van der Waals surface area contributed by atoms with E-state index in [1.54, 1.807) is 37.1 Å². The summed E-state index contributed by atoms with van der Waals surface area (Å²) < 4.78 is 13.3. The van der Waals surface area contributed by atoms with Crippen molar-refractivity contribution in [2.75, 3.05) is 23.7 Å². The summed E-state index contributed by atoms with van der Waals surface area (Å²) in [6, 6.07) is 4.52. The number of nitrogens with zero attached hydrogens (tertiary/aromatic N) is 5. The Kier molecular flexibility index (Phi) is 5.80. The van der Waals surface area contributed by atoms with E-state index in [2.05, 4.69) is 30.6 Å². The molecule has 10 heteroatoms. The zero-order valence-electron chi connectivity index (χ0n) is 15.7. The lowest BCUT2D eigenvalue weighted by Crippen LogP contribution is -2.52. The number of rotatable bonds is 7. The molecule has 4 rings (SSSR count). The van der Waals surface area contributed by atoms with Gasteiger partial charge < -0.3 is 15.5 Å². The van der Waals surface area contributed by atoms with Gasteiger partial charge in [0.05, 0.1) is 29.2 Å². The van der Waals surface area contributed by atoms with Crippen molar-refractivity contribution < 1.29 is 9.18 Å². The van der Waals surface area contributed by atoms with E-state index in [0.717, 1.165) is 19.4 Å². The van der Waals surface area contributed by atoms with E-state index in [1.165, 1.54) is 18.2 Å². The maximum Gasteiger partial charge on any atom is 0.227 e. The summed E-state index contributed by atoms with van der Waals surface area (Å²) in [4.78, 5) is 29.7. The fourth-order valence-electron chi connectivity index (χ4n) is 2.89. The van der Waals surface area contributed by atoms with Crippen LogP contribution < -0.4 is 10.6 Å². The van der Waals surface area contributed by atoms with Crippen molar-refractivity contribution in [1.82, 2.24) is 24.8 Å². The van der Waals surface area contributed by atoms with Gasteiger partial charge in [-0.2, -0.15) is 0 Å². The van der Waals surface area contributed by atoms with Crippen LogP contribution in [0.4, 0.5) is 21.8 Å². The quantitative estimate of drug-likeness (QED) is 0.440. The van der Waals surface area contributed by atoms with Gasteiger partial charge in [0, 0.05) is 42.9 Å². The van der Waals surface area contributed by atoms with Gasteiger partial charge in [-0.05, 0) is 24.3 Å². The van der Waals surface area contributed by atoms with Crippen molar-refractivity contribution >= 4 is 35.3 Å². The molecule has 30 heavy (non-hydrogen) atoms. The third-order valence-corrected chi connectivity index (χ3v) is 4.68. The van der Waals surface area contributed by atoms with Gasteiger partial charge in [0.25, 0.3) is 0 Å². The highest BCUT2D eigenvalue weighted by molar-refractivity contribution is 6.31. The number of aldehydes is 1.